The van der Waals surface area contributed by atoms with E-state index in [1.807, 2.05) is 6.20 Å². The highest BCUT2D eigenvalue weighted by Crippen LogP contribution is 2.21. The van der Waals surface area contributed by atoms with Crippen molar-refractivity contribution in [1.29, 1.82) is 0 Å². The lowest BCUT2D eigenvalue weighted by molar-refractivity contribution is 0.592. The monoisotopic (exact) mass is 341 g/mol. The van der Waals surface area contributed by atoms with Crippen molar-refractivity contribution in [2.75, 3.05) is 18.0 Å². The van der Waals surface area contributed by atoms with Gasteiger partial charge in [-0.05, 0) is 18.4 Å². The number of imidazole rings is 1. The second-order valence-electron chi connectivity index (χ2n) is 6.95. The van der Waals surface area contributed by atoms with Gasteiger partial charge in [0.15, 0.2) is 0 Å². The predicted molar refractivity (Wildman–Crippen MR) is 109 cm³/mol. The minimum absolute atomic E-state index is 1.03. The number of hydrogen-bond acceptors (Lipinski definition) is 2. The lowest BCUT2D eigenvalue weighted by Gasteiger charge is -2.22. The van der Waals surface area contributed by atoms with E-state index in [1.54, 1.807) is 0 Å². The molecular weight excluding hydrogens is 306 g/mol. The molecule has 0 aliphatic carbocycles. The molecular formula is C22H35N3. The van der Waals surface area contributed by atoms with Crippen molar-refractivity contribution >= 4 is 5.95 Å². The number of anilines is 1. The van der Waals surface area contributed by atoms with Gasteiger partial charge in [0.2, 0.25) is 5.95 Å². The van der Waals surface area contributed by atoms with Crippen molar-refractivity contribution in [3.05, 3.63) is 36.5 Å². The third kappa shape index (κ3) is 6.93. The van der Waals surface area contributed by atoms with Crippen molar-refractivity contribution in [3.63, 3.8) is 0 Å². The molecule has 0 unspecified atom stereocenters. The Morgan fingerprint density at radius 2 is 1.40 bits per heavy atom. The van der Waals surface area contributed by atoms with Gasteiger partial charge in [-0.3, -0.25) is 0 Å². The Bertz CT molecular complexity index is 562. The molecule has 3 heteroatoms. The van der Waals surface area contributed by atoms with Crippen molar-refractivity contribution in [3.8, 4) is 11.3 Å². The summed E-state index contributed by atoms with van der Waals surface area (Å²) in [5.74, 6) is 1.03. The van der Waals surface area contributed by atoms with Crippen LogP contribution in [-0.4, -0.2) is 23.1 Å². The quantitative estimate of drug-likeness (QED) is 0.425. The molecule has 0 fully saturated rings. The first-order valence-corrected chi connectivity index (χ1v) is 10.2. The molecule has 0 saturated carbocycles. The second kappa shape index (κ2) is 11.7. The zero-order chi connectivity index (χ0) is 17.7. The smallest absolute Gasteiger partial charge is 0.203 e. The number of unbranched alkanes of at least 4 members (excludes halogenated alkanes) is 7. The molecule has 0 radical (unpaired) electrons. The molecule has 1 aromatic heterocycles. The highest BCUT2D eigenvalue weighted by atomic mass is 15.3. The maximum Gasteiger partial charge on any atom is 0.203 e. The van der Waals surface area contributed by atoms with E-state index in [1.165, 1.54) is 63.4 Å². The average Bonchev–Trinajstić information content (AvgIpc) is 3.14. The van der Waals surface area contributed by atoms with Gasteiger partial charge < -0.3 is 9.88 Å². The Morgan fingerprint density at radius 1 is 0.800 bits per heavy atom. The van der Waals surface area contributed by atoms with Crippen LogP contribution in [0.2, 0.25) is 0 Å². The molecule has 0 aliphatic rings. The van der Waals surface area contributed by atoms with Crippen LogP contribution in [0.4, 0.5) is 5.95 Å². The van der Waals surface area contributed by atoms with Gasteiger partial charge in [0.05, 0.1) is 11.9 Å². The molecule has 1 aromatic carbocycles. The van der Waals surface area contributed by atoms with Gasteiger partial charge in [-0.2, -0.15) is 0 Å². The summed E-state index contributed by atoms with van der Waals surface area (Å²) >= 11 is 0. The van der Waals surface area contributed by atoms with E-state index in [-0.39, 0.29) is 0 Å². The molecule has 0 aliphatic heterocycles. The van der Waals surface area contributed by atoms with Crippen molar-refractivity contribution < 1.29 is 0 Å². The Labute approximate surface area is 153 Å². The first kappa shape index (κ1) is 19.6. The summed E-state index contributed by atoms with van der Waals surface area (Å²) in [5, 5.41) is 0. The lowest BCUT2D eigenvalue weighted by atomic mass is 10.1. The number of hydrogen-bond donors (Lipinski definition) is 1. The number of nitrogens with one attached hydrogen (secondary N) is 1. The molecule has 2 aromatic rings. The average molecular weight is 342 g/mol. The number of aromatic amines is 1. The summed E-state index contributed by atoms with van der Waals surface area (Å²) < 4.78 is 0. The predicted octanol–water partition coefficient (Wildman–Crippen LogP) is 6.43. The molecule has 0 spiro atoms. The second-order valence-corrected chi connectivity index (χ2v) is 6.95. The largest absolute Gasteiger partial charge is 0.342 e. The van der Waals surface area contributed by atoms with Crippen LogP contribution in [-0.2, 0) is 0 Å². The Balaban J connectivity index is 1.94. The highest BCUT2D eigenvalue weighted by Gasteiger charge is 2.11. The third-order valence-electron chi connectivity index (χ3n) is 4.76. The van der Waals surface area contributed by atoms with Crippen LogP contribution < -0.4 is 4.90 Å². The third-order valence-corrected chi connectivity index (χ3v) is 4.76. The molecule has 0 atom stereocenters. The van der Waals surface area contributed by atoms with Gasteiger partial charge in [0.25, 0.3) is 0 Å². The summed E-state index contributed by atoms with van der Waals surface area (Å²) in [5.41, 5.74) is 2.32. The van der Waals surface area contributed by atoms with Crippen LogP contribution in [0.1, 0.15) is 71.6 Å². The summed E-state index contributed by atoms with van der Waals surface area (Å²) in [6, 6.07) is 10.5. The topological polar surface area (TPSA) is 31.9 Å². The van der Waals surface area contributed by atoms with Crippen LogP contribution in [0.5, 0.6) is 0 Å². The van der Waals surface area contributed by atoms with E-state index >= 15 is 0 Å². The van der Waals surface area contributed by atoms with E-state index in [0.717, 1.165) is 24.7 Å². The summed E-state index contributed by atoms with van der Waals surface area (Å²) in [6.45, 7) is 6.76. The first-order valence-electron chi connectivity index (χ1n) is 10.2. The van der Waals surface area contributed by atoms with Gasteiger partial charge >= 0.3 is 0 Å². The number of nitrogens with zero attached hydrogens (tertiary/aromatic N) is 2. The molecule has 138 valence electrons. The van der Waals surface area contributed by atoms with Crippen LogP contribution in [0.25, 0.3) is 11.3 Å². The molecule has 1 heterocycles. The van der Waals surface area contributed by atoms with Crippen molar-refractivity contribution in [2.45, 2.75) is 71.6 Å². The fourth-order valence-corrected chi connectivity index (χ4v) is 3.20. The summed E-state index contributed by atoms with van der Waals surface area (Å²) in [4.78, 5) is 10.7. The van der Waals surface area contributed by atoms with Crippen LogP contribution in [0.15, 0.2) is 36.5 Å². The molecule has 3 nitrogen and oxygen atoms in total. The molecule has 25 heavy (non-hydrogen) atoms. The van der Waals surface area contributed by atoms with Crippen molar-refractivity contribution in [2.24, 2.45) is 0 Å². The SMILES string of the molecule is CCCCCCCN(CCCCCC)c1ncc(-c2ccccc2)[nH]1. The van der Waals surface area contributed by atoms with Gasteiger partial charge in [-0.15, -0.1) is 0 Å². The van der Waals surface area contributed by atoms with Crippen molar-refractivity contribution in [1.82, 2.24) is 9.97 Å². The molecule has 2 rings (SSSR count). The Hall–Kier alpha value is -1.77. The van der Waals surface area contributed by atoms with Crippen LogP contribution >= 0.6 is 0 Å². The number of H-pyrrole nitrogens is 1. The van der Waals surface area contributed by atoms with Gasteiger partial charge in [-0.25, -0.2) is 4.98 Å². The lowest BCUT2D eigenvalue weighted by Crippen LogP contribution is -2.26. The molecule has 0 amide bonds. The minimum Gasteiger partial charge on any atom is -0.342 e. The zero-order valence-electron chi connectivity index (χ0n) is 16.1. The van der Waals surface area contributed by atoms with Crippen LogP contribution in [0.3, 0.4) is 0 Å². The molecule has 0 bridgehead atoms. The van der Waals surface area contributed by atoms with E-state index in [2.05, 4.69) is 59.0 Å². The maximum absolute atomic E-state index is 4.68. The first-order chi connectivity index (χ1) is 12.3. The summed E-state index contributed by atoms with van der Waals surface area (Å²) in [6.07, 6.45) is 13.8. The standard InChI is InChI=1S/C22H35N3/c1-3-5-7-9-14-18-25(17-13-8-6-4-2)22-23-19-21(24-22)20-15-11-10-12-16-20/h10-12,15-16,19H,3-9,13-14,17-18H2,1-2H3,(H,23,24). The van der Waals surface area contributed by atoms with Gasteiger partial charge in [0, 0.05) is 13.1 Å². The summed E-state index contributed by atoms with van der Waals surface area (Å²) in [7, 11) is 0. The number of rotatable bonds is 13. The maximum atomic E-state index is 4.68. The Kier molecular flexibility index (Phi) is 9.17. The highest BCUT2D eigenvalue weighted by molar-refractivity contribution is 5.60. The number of aromatic nitrogens is 2. The van der Waals surface area contributed by atoms with Gasteiger partial charge in [0.1, 0.15) is 0 Å². The fraction of sp³-hybridized carbons (Fsp3) is 0.591. The zero-order valence-corrected chi connectivity index (χ0v) is 16.1. The number of benzene rings is 1. The normalized spacial score (nSPS) is 11.0. The van der Waals surface area contributed by atoms with E-state index in [0.29, 0.717) is 0 Å². The van der Waals surface area contributed by atoms with Crippen LogP contribution in [0, 0.1) is 0 Å². The fourth-order valence-electron chi connectivity index (χ4n) is 3.20. The van der Waals surface area contributed by atoms with E-state index in [9.17, 15) is 0 Å². The molecule has 0 saturated heterocycles. The van der Waals surface area contributed by atoms with E-state index < -0.39 is 0 Å². The molecule has 1 N–H and O–H groups in total. The van der Waals surface area contributed by atoms with E-state index in [4.69, 9.17) is 0 Å². The van der Waals surface area contributed by atoms with Gasteiger partial charge in [-0.1, -0.05) is 89.1 Å². The Morgan fingerprint density at radius 3 is 2.04 bits per heavy atom. The minimum atomic E-state index is 1.03.